The number of aromatic nitrogens is 1. The number of carbonyl (C=O) groups is 1. The maximum Gasteiger partial charge on any atom is 0.273 e. The van der Waals surface area contributed by atoms with Gasteiger partial charge in [0.15, 0.2) is 0 Å². The van der Waals surface area contributed by atoms with Crippen LogP contribution in [0.4, 0.5) is 0 Å². The molecule has 6 heteroatoms. The third-order valence-electron chi connectivity index (χ3n) is 3.88. The first-order chi connectivity index (χ1) is 10.3. The molecule has 0 atom stereocenters. The largest absolute Gasteiger partial charge is 0.467 e. The molecule has 0 aromatic carbocycles. The van der Waals surface area contributed by atoms with Gasteiger partial charge in [0, 0.05) is 18.0 Å². The monoisotopic (exact) mass is 305 g/mol. The van der Waals surface area contributed by atoms with Gasteiger partial charge in [-0.1, -0.05) is 12.8 Å². The van der Waals surface area contributed by atoms with E-state index in [-0.39, 0.29) is 11.9 Å². The molecule has 2 aromatic heterocycles. The van der Waals surface area contributed by atoms with E-state index in [1.54, 1.807) is 11.6 Å². The Balaban J connectivity index is 1.81. The number of furan rings is 1. The number of hydrogen-bond acceptors (Lipinski definition) is 5. The first-order valence-corrected chi connectivity index (χ1v) is 8.13. The summed E-state index contributed by atoms with van der Waals surface area (Å²) in [5.74, 6) is 0.791. The van der Waals surface area contributed by atoms with Crippen LogP contribution in [0.1, 0.15) is 46.9 Å². The van der Waals surface area contributed by atoms with Crippen molar-refractivity contribution < 1.29 is 9.21 Å². The predicted octanol–water partition coefficient (Wildman–Crippen LogP) is 2.78. The van der Waals surface area contributed by atoms with Crippen molar-refractivity contribution in [2.24, 2.45) is 5.73 Å². The smallest absolute Gasteiger partial charge is 0.273 e. The lowest BCUT2D eigenvalue weighted by molar-refractivity contribution is 0.0643. The van der Waals surface area contributed by atoms with E-state index >= 15 is 0 Å². The number of nitrogens with zero attached hydrogens (tertiary/aromatic N) is 2. The highest BCUT2D eigenvalue weighted by atomic mass is 32.1. The van der Waals surface area contributed by atoms with E-state index < -0.39 is 0 Å². The average molecular weight is 305 g/mol. The fourth-order valence-electron chi connectivity index (χ4n) is 2.80. The molecule has 1 aliphatic rings. The lowest BCUT2D eigenvalue weighted by Crippen LogP contribution is -2.38. The molecule has 0 bridgehead atoms. The summed E-state index contributed by atoms with van der Waals surface area (Å²) in [7, 11) is 0. The van der Waals surface area contributed by atoms with Crippen molar-refractivity contribution in [3.63, 3.8) is 0 Å². The van der Waals surface area contributed by atoms with Gasteiger partial charge in [-0.25, -0.2) is 4.98 Å². The number of hydrogen-bond donors (Lipinski definition) is 1. The molecule has 1 saturated carbocycles. The molecule has 1 amide bonds. The van der Waals surface area contributed by atoms with Gasteiger partial charge < -0.3 is 15.1 Å². The van der Waals surface area contributed by atoms with Crippen LogP contribution in [0.5, 0.6) is 0 Å². The zero-order chi connectivity index (χ0) is 14.7. The van der Waals surface area contributed by atoms with Gasteiger partial charge in [-0.05, 0) is 25.0 Å². The van der Waals surface area contributed by atoms with E-state index in [4.69, 9.17) is 10.2 Å². The summed E-state index contributed by atoms with van der Waals surface area (Å²) in [5.41, 5.74) is 6.08. The molecule has 0 unspecified atom stereocenters. The molecule has 112 valence electrons. The minimum Gasteiger partial charge on any atom is -0.467 e. The number of amides is 1. The van der Waals surface area contributed by atoms with E-state index in [2.05, 4.69) is 4.98 Å². The minimum absolute atomic E-state index is 0.0192. The molecular weight excluding hydrogens is 286 g/mol. The third-order valence-corrected chi connectivity index (χ3v) is 4.75. The minimum atomic E-state index is -0.0192. The van der Waals surface area contributed by atoms with Gasteiger partial charge >= 0.3 is 0 Å². The standard InChI is InChI=1S/C15H19N3O2S/c16-8-14-17-13(10-21-14)15(19)18(11-4-1-2-5-11)9-12-6-3-7-20-12/h3,6-7,10-11H,1-2,4-5,8-9,16H2. The number of thiazole rings is 1. The van der Waals surface area contributed by atoms with Gasteiger partial charge in [-0.3, -0.25) is 4.79 Å². The lowest BCUT2D eigenvalue weighted by atomic mass is 10.2. The van der Waals surface area contributed by atoms with Crippen LogP contribution >= 0.6 is 11.3 Å². The predicted molar refractivity (Wildman–Crippen MR) is 80.8 cm³/mol. The van der Waals surface area contributed by atoms with Gasteiger partial charge in [0.2, 0.25) is 0 Å². The van der Waals surface area contributed by atoms with Crippen LogP contribution in [0.15, 0.2) is 28.2 Å². The van der Waals surface area contributed by atoms with Crippen molar-refractivity contribution in [2.45, 2.75) is 44.8 Å². The summed E-state index contributed by atoms with van der Waals surface area (Å²) in [6.45, 7) is 0.881. The van der Waals surface area contributed by atoms with Gasteiger partial charge in [-0.2, -0.15) is 0 Å². The van der Waals surface area contributed by atoms with E-state index in [0.29, 0.717) is 18.8 Å². The molecule has 21 heavy (non-hydrogen) atoms. The molecule has 5 nitrogen and oxygen atoms in total. The molecular formula is C15H19N3O2S. The molecule has 0 saturated heterocycles. The van der Waals surface area contributed by atoms with Crippen molar-refractivity contribution in [2.75, 3.05) is 0 Å². The molecule has 0 radical (unpaired) electrons. The Kier molecular flexibility index (Phi) is 4.36. The summed E-state index contributed by atoms with van der Waals surface area (Å²) < 4.78 is 5.40. The average Bonchev–Trinajstić information content (AvgIpc) is 3.25. The zero-order valence-electron chi connectivity index (χ0n) is 11.8. The SMILES string of the molecule is NCc1nc(C(=O)N(Cc2ccco2)C2CCCC2)cs1. The van der Waals surface area contributed by atoms with E-state index in [9.17, 15) is 4.79 Å². The lowest BCUT2D eigenvalue weighted by Gasteiger charge is -2.27. The van der Waals surface area contributed by atoms with Crippen LogP contribution in [0.3, 0.4) is 0 Å². The summed E-state index contributed by atoms with van der Waals surface area (Å²) in [4.78, 5) is 19.0. The van der Waals surface area contributed by atoms with Crippen LogP contribution in [0, 0.1) is 0 Å². The van der Waals surface area contributed by atoms with Crippen LogP contribution in [0.2, 0.25) is 0 Å². The summed E-state index contributed by atoms with van der Waals surface area (Å²) in [6.07, 6.45) is 6.11. The molecule has 2 N–H and O–H groups in total. The Hall–Kier alpha value is -1.66. The Labute approximate surface area is 127 Å². The van der Waals surface area contributed by atoms with Gasteiger partial charge in [0.25, 0.3) is 5.91 Å². The molecule has 0 spiro atoms. The van der Waals surface area contributed by atoms with E-state index in [0.717, 1.165) is 23.6 Å². The summed E-state index contributed by atoms with van der Waals surface area (Å²) in [5, 5.41) is 2.59. The van der Waals surface area contributed by atoms with Crippen molar-refractivity contribution in [3.05, 3.63) is 40.2 Å². The second-order valence-electron chi connectivity index (χ2n) is 5.28. The first kappa shape index (κ1) is 14.3. The molecule has 1 fully saturated rings. The molecule has 1 aliphatic carbocycles. The Morgan fingerprint density at radius 1 is 1.48 bits per heavy atom. The zero-order valence-corrected chi connectivity index (χ0v) is 12.6. The van der Waals surface area contributed by atoms with Crippen molar-refractivity contribution >= 4 is 17.2 Å². The van der Waals surface area contributed by atoms with E-state index in [1.165, 1.54) is 24.2 Å². The van der Waals surface area contributed by atoms with Gasteiger partial charge in [-0.15, -0.1) is 11.3 Å². The van der Waals surface area contributed by atoms with E-state index in [1.807, 2.05) is 17.0 Å². The highest BCUT2D eigenvalue weighted by Crippen LogP contribution is 2.27. The van der Waals surface area contributed by atoms with Crippen molar-refractivity contribution in [3.8, 4) is 0 Å². The quantitative estimate of drug-likeness (QED) is 0.922. The van der Waals surface area contributed by atoms with Gasteiger partial charge in [0.1, 0.15) is 16.5 Å². The third kappa shape index (κ3) is 3.16. The number of rotatable bonds is 5. The first-order valence-electron chi connectivity index (χ1n) is 7.25. The fraction of sp³-hybridized carbons (Fsp3) is 0.467. The number of carbonyl (C=O) groups excluding carboxylic acids is 1. The molecule has 2 heterocycles. The van der Waals surface area contributed by atoms with Crippen LogP contribution in [-0.4, -0.2) is 21.8 Å². The maximum absolute atomic E-state index is 12.8. The molecule has 2 aromatic rings. The molecule has 0 aliphatic heterocycles. The maximum atomic E-state index is 12.8. The van der Waals surface area contributed by atoms with Crippen molar-refractivity contribution in [1.82, 2.24) is 9.88 Å². The van der Waals surface area contributed by atoms with Crippen LogP contribution < -0.4 is 5.73 Å². The highest BCUT2D eigenvalue weighted by Gasteiger charge is 2.29. The summed E-state index contributed by atoms with van der Waals surface area (Å²) in [6, 6.07) is 4.04. The highest BCUT2D eigenvalue weighted by molar-refractivity contribution is 7.09. The molecule has 3 rings (SSSR count). The van der Waals surface area contributed by atoms with Crippen molar-refractivity contribution in [1.29, 1.82) is 0 Å². The van der Waals surface area contributed by atoms with Crippen LogP contribution in [0.25, 0.3) is 0 Å². The summed E-state index contributed by atoms with van der Waals surface area (Å²) >= 11 is 1.44. The van der Waals surface area contributed by atoms with Crippen LogP contribution in [-0.2, 0) is 13.1 Å². The second kappa shape index (κ2) is 6.41. The Morgan fingerprint density at radius 2 is 2.29 bits per heavy atom. The number of nitrogens with two attached hydrogens (primary N) is 1. The topological polar surface area (TPSA) is 72.4 Å². The fourth-order valence-corrected chi connectivity index (χ4v) is 3.45. The second-order valence-corrected chi connectivity index (χ2v) is 6.22. The Bertz CT molecular complexity index is 588. The van der Waals surface area contributed by atoms with Gasteiger partial charge in [0.05, 0.1) is 12.8 Å². The Morgan fingerprint density at radius 3 is 2.90 bits per heavy atom. The normalized spacial score (nSPS) is 15.5.